The molecule has 0 bridgehead atoms. The number of aryl methyl sites for hydroxylation is 1. The molecular formula is C26H32N6O2S. The van der Waals surface area contributed by atoms with Crippen LogP contribution in [0.4, 0.5) is 0 Å². The molecule has 9 heteroatoms. The Morgan fingerprint density at radius 3 is 2.97 bits per heavy atom. The van der Waals surface area contributed by atoms with Crippen LogP contribution >= 0.6 is 11.3 Å². The molecule has 4 aromatic rings. The lowest BCUT2D eigenvalue weighted by molar-refractivity contribution is 0.0885. The van der Waals surface area contributed by atoms with Gasteiger partial charge in [-0.1, -0.05) is 31.0 Å². The van der Waals surface area contributed by atoms with E-state index in [1.807, 2.05) is 22.9 Å². The lowest BCUT2D eigenvalue weighted by atomic mass is 10.1. The van der Waals surface area contributed by atoms with Crippen molar-refractivity contribution >= 4 is 22.2 Å². The molecule has 0 unspecified atom stereocenters. The third kappa shape index (κ3) is 5.52. The number of rotatable bonds is 10. The van der Waals surface area contributed by atoms with Crippen molar-refractivity contribution in [2.24, 2.45) is 0 Å². The number of aromatic amines is 1. The molecule has 3 aromatic heterocycles. The topological polar surface area (TPSA) is 88.9 Å². The van der Waals surface area contributed by atoms with Crippen LogP contribution in [-0.2, 0) is 24.4 Å². The maximum absolute atomic E-state index is 13.1. The maximum atomic E-state index is 13.1. The van der Waals surface area contributed by atoms with Crippen LogP contribution in [0.3, 0.4) is 0 Å². The van der Waals surface area contributed by atoms with Gasteiger partial charge in [-0.05, 0) is 71.6 Å². The van der Waals surface area contributed by atoms with Crippen molar-refractivity contribution in [2.45, 2.75) is 71.3 Å². The second kappa shape index (κ2) is 10.8. The van der Waals surface area contributed by atoms with Crippen LogP contribution in [0.15, 0.2) is 46.6 Å². The number of nitrogens with zero attached hydrogens (tertiary/aromatic N) is 5. The first-order chi connectivity index (χ1) is 17.1. The first-order valence-corrected chi connectivity index (χ1v) is 13.3. The summed E-state index contributed by atoms with van der Waals surface area (Å²) in [6.07, 6.45) is 4.13. The molecule has 4 heterocycles. The summed E-state index contributed by atoms with van der Waals surface area (Å²) >= 11 is 1.73. The van der Waals surface area contributed by atoms with Crippen LogP contribution < -0.4 is 5.56 Å². The average molecular weight is 493 g/mol. The largest absolute Gasteiger partial charge is 0.376 e. The molecule has 2 atom stereocenters. The van der Waals surface area contributed by atoms with Crippen molar-refractivity contribution in [3.05, 3.63) is 74.0 Å². The van der Waals surface area contributed by atoms with Gasteiger partial charge in [0.15, 0.2) is 5.82 Å². The Bertz CT molecular complexity index is 1310. The van der Waals surface area contributed by atoms with Crippen LogP contribution in [0.25, 0.3) is 10.9 Å². The van der Waals surface area contributed by atoms with Gasteiger partial charge in [0.2, 0.25) is 0 Å². The molecule has 184 valence electrons. The van der Waals surface area contributed by atoms with Gasteiger partial charge in [-0.15, -0.1) is 16.4 Å². The number of aromatic nitrogens is 5. The van der Waals surface area contributed by atoms with Crippen LogP contribution in [0.5, 0.6) is 0 Å². The van der Waals surface area contributed by atoms with Gasteiger partial charge in [-0.3, -0.25) is 9.69 Å². The van der Waals surface area contributed by atoms with E-state index in [2.05, 4.69) is 62.8 Å². The second-order valence-corrected chi connectivity index (χ2v) is 10.4. The van der Waals surface area contributed by atoms with Crippen LogP contribution in [0.2, 0.25) is 0 Å². The molecule has 1 saturated heterocycles. The highest BCUT2D eigenvalue weighted by Gasteiger charge is 2.28. The number of tetrazole rings is 1. The van der Waals surface area contributed by atoms with Gasteiger partial charge >= 0.3 is 0 Å². The number of hydrogen-bond donors (Lipinski definition) is 1. The summed E-state index contributed by atoms with van der Waals surface area (Å²) in [4.78, 5) is 19.7. The highest BCUT2D eigenvalue weighted by atomic mass is 32.1. The number of benzene rings is 1. The third-order valence-corrected chi connectivity index (χ3v) is 7.51. The van der Waals surface area contributed by atoms with E-state index < -0.39 is 0 Å². The number of nitrogens with one attached hydrogen (secondary N) is 1. The summed E-state index contributed by atoms with van der Waals surface area (Å²) in [6.45, 7) is 6.93. The zero-order valence-corrected chi connectivity index (χ0v) is 21.1. The molecule has 0 amide bonds. The van der Waals surface area contributed by atoms with E-state index in [0.717, 1.165) is 61.1 Å². The van der Waals surface area contributed by atoms with Gasteiger partial charge in [0.05, 0.1) is 18.7 Å². The Balaban J connectivity index is 1.50. The van der Waals surface area contributed by atoms with Crippen LogP contribution in [0.1, 0.15) is 60.5 Å². The smallest absolute Gasteiger partial charge is 0.252 e. The molecule has 0 aliphatic carbocycles. The van der Waals surface area contributed by atoms with E-state index in [-0.39, 0.29) is 17.7 Å². The van der Waals surface area contributed by atoms with Crippen molar-refractivity contribution in [3.63, 3.8) is 0 Å². The molecule has 1 aliphatic rings. The van der Waals surface area contributed by atoms with Gasteiger partial charge < -0.3 is 9.72 Å². The predicted octanol–water partition coefficient (Wildman–Crippen LogP) is 4.61. The minimum Gasteiger partial charge on any atom is -0.376 e. The highest BCUT2D eigenvalue weighted by molar-refractivity contribution is 7.09. The second-order valence-electron chi connectivity index (χ2n) is 9.36. The predicted molar refractivity (Wildman–Crippen MR) is 137 cm³/mol. The molecule has 1 aromatic carbocycles. The Kier molecular flexibility index (Phi) is 7.36. The maximum Gasteiger partial charge on any atom is 0.252 e. The van der Waals surface area contributed by atoms with Crippen molar-refractivity contribution in [1.82, 2.24) is 30.1 Å². The Hall–Kier alpha value is -2.88. The standard InChI is InChI=1S/C26H32N6O2S/c1-3-6-24(25-28-29-30-32(25)16-21-7-4-11-34-21)31(17-22-8-5-12-35-22)15-20-14-19-13-18(2)9-10-23(19)27-26(20)33/h5,8-10,12-14,21,24H,3-4,6-7,11,15-17H2,1-2H3,(H,27,33)/t21-,24+/m0/s1. The molecule has 0 spiro atoms. The van der Waals surface area contributed by atoms with Gasteiger partial charge in [0, 0.05) is 35.7 Å². The van der Waals surface area contributed by atoms with E-state index in [9.17, 15) is 4.79 Å². The van der Waals surface area contributed by atoms with Gasteiger partial charge in [0.1, 0.15) is 0 Å². The lowest BCUT2D eigenvalue weighted by Crippen LogP contribution is -2.33. The lowest BCUT2D eigenvalue weighted by Gasteiger charge is -2.30. The Morgan fingerprint density at radius 2 is 2.20 bits per heavy atom. The molecule has 35 heavy (non-hydrogen) atoms. The van der Waals surface area contributed by atoms with Crippen molar-refractivity contribution in [2.75, 3.05) is 6.61 Å². The third-order valence-electron chi connectivity index (χ3n) is 6.65. The van der Waals surface area contributed by atoms with Crippen molar-refractivity contribution in [3.8, 4) is 0 Å². The number of ether oxygens (including phenoxy) is 1. The summed E-state index contributed by atoms with van der Waals surface area (Å²) in [5.74, 6) is 0.840. The number of pyridine rings is 1. The van der Waals surface area contributed by atoms with E-state index >= 15 is 0 Å². The van der Waals surface area contributed by atoms with Crippen LogP contribution in [-0.4, -0.2) is 42.8 Å². The molecule has 5 rings (SSSR count). The van der Waals surface area contributed by atoms with Crippen LogP contribution in [0, 0.1) is 6.92 Å². The summed E-state index contributed by atoms with van der Waals surface area (Å²) in [6, 6.07) is 12.3. The van der Waals surface area contributed by atoms with E-state index in [1.54, 1.807) is 11.3 Å². The molecule has 1 N–H and O–H groups in total. The monoisotopic (exact) mass is 492 g/mol. The molecule has 1 fully saturated rings. The molecule has 1 aliphatic heterocycles. The van der Waals surface area contributed by atoms with Gasteiger partial charge in [-0.25, -0.2) is 4.68 Å². The Labute approximate surface area is 208 Å². The average Bonchev–Trinajstić information content (AvgIpc) is 3.62. The fourth-order valence-electron chi connectivity index (χ4n) is 4.90. The normalized spacial score (nSPS) is 16.9. The van der Waals surface area contributed by atoms with Gasteiger partial charge in [-0.2, -0.15) is 0 Å². The van der Waals surface area contributed by atoms with Crippen molar-refractivity contribution < 1.29 is 4.74 Å². The summed E-state index contributed by atoms with van der Waals surface area (Å²) in [5.41, 5.74) is 2.73. The minimum atomic E-state index is -0.0493. The number of thiophene rings is 1. The van der Waals surface area contributed by atoms with Crippen molar-refractivity contribution in [1.29, 1.82) is 0 Å². The quantitative estimate of drug-likeness (QED) is 0.348. The van der Waals surface area contributed by atoms with Gasteiger partial charge in [0.25, 0.3) is 5.56 Å². The summed E-state index contributed by atoms with van der Waals surface area (Å²) in [5, 5.41) is 16.0. The first kappa shape index (κ1) is 23.8. The Morgan fingerprint density at radius 1 is 1.29 bits per heavy atom. The molecule has 0 saturated carbocycles. The fourth-order valence-corrected chi connectivity index (χ4v) is 5.63. The molecule has 0 radical (unpaired) electrons. The molecule has 8 nitrogen and oxygen atoms in total. The minimum absolute atomic E-state index is 0.0221. The summed E-state index contributed by atoms with van der Waals surface area (Å²) in [7, 11) is 0. The number of hydrogen-bond acceptors (Lipinski definition) is 7. The van der Waals surface area contributed by atoms with E-state index in [1.165, 1.54) is 10.4 Å². The first-order valence-electron chi connectivity index (χ1n) is 12.4. The number of H-pyrrole nitrogens is 1. The van der Waals surface area contributed by atoms with E-state index in [4.69, 9.17) is 4.74 Å². The SMILES string of the molecule is CCC[C@H](c1nnnn1C[C@@H]1CCCO1)N(Cc1cccs1)Cc1cc2cc(C)ccc2[nH]c1=O. The zero-order valence-electron chi connectivity index (χ0n) is 20.3. The fraction of sp³-hybridized carbons (Fsp3) is 0.462. The zero-order chi connectivity index (χ0) is 24.2. The number of fused-ring (bicyclic) bond motifs is 1. The summed E-state index contributed by atoms with van der Waals surface area (Å²) < 4.78 is 7.76. The van der Waals surface area contributed by atoms with E-state index in [0.29, 0.717) is 13.1 Å². The highest BCUT2D eigenvalue weighted by Crippen LogP contribution is 2.29. The molecular weight excluding hydrogens is 460 g/mol.